The van der Waals surface area contributed by atoms with Crippen LogP contribution in [0, 0.1) is 34.7 Å². The van der Waals surface area contributed by atoms with Gasteiger partial charge in [-0.25, -0.2) is 13.2 Å². The fourth-order valence-electron chi connectivity index (χ4n) is 1.75. The molecule has 1 aromatic rings. The van der Waals surface area contributed by atoms with Crippen molar-refractivity contribution in [1.82, 2.24) is 0 Å². The zero-order valence-electron chi connectivity index (χ0n) is 8.58. The molecule has 1 aliphatic rings. The Labute approximate surface area is 95.1 Å². The number of nitrogens with zero attached hydrogens (tertiary/aromatic N) is 2. The molecule has 1 fully saturated rings. The number of hydrogen-bond donors (Lipinski definition) is 0. The van der Waals surface area contributed by atoms with Crippen LogP contribution in [0.1, 0.15) is 6.42 Å². The van der Waals surface area contributed by atoms with Crippen LogP contribution in [0.5, 0.6) is 0 Å². The van der Waals surface area contributed by atoms with E-state index < -0.39 is 29.3 Å². The van der Waals surface area contributed by atoms with Crippen LogP contribution < -0.4 is 4.90 Å². The van der Waals surface area contributed by atoms with Crippen molar-refractivity contribution in [2.75, 3.05) is 11.4 Å². The molecule has 3 nitrogen and oxygen atoms in total. The number of carbonyl (C=O) groups is 1. The molecule has 1 saturated heterocycles. The van der Waals surface area contributed by atoms with E-state index in [2.05, 4.69) is 0 Å². The molecule has 17 heavy (non-hydrogen) atoms. The van der Waals surface area contributed by atoms with Crippen molar-refractivity contribution in [2.24, 2.45) is 5.92 Å². The van der Waals surface area contributed by atoms with Gasteiger partial charge >= 0.3 is 0 Å². The summed E-state index contributed by atoms with van der Waals surface area (Å²) in [6.07, 6.45) is -0.0328. The molecule has 1 heterocycles. The van der Waals surface area contributed by atoms with Crippen LogP contribution in [0.2, 0.25) is 0 Å². The molecule has 1 aromatic carbocycles. The largest absolute Gasteiger partial charge is 0.308 e. The van der Waals surface area contributed by atoms with Gasteiger partial charge in [-0.3, -0.25) is 4.79 Å². The maximum absolute atomic E-state index is 13.4. The summed E-state index contributed by atoms with van der Waals surface area (Å²) in [6.45, 7) is -0.00265. The first-order chi connectivity index (χ1) is 8.02. The number of benzene rings is 1. The van der Waals surface area contributed by atoms with Gasteiger partial charge in [0.1, 0.15) is 5.82 Å². The van der Waals surface area contributed by atoms with Gasteiger partial charge in [0.15, 0.2) is 11.6 Å². The number of anilines is 1. The Bertz CT molecular complexity index is 524. The third-order valence-corrected chi connectivity index (χ3v) is 2.59. The highest BCUT2D eigenvalue weighted by Crippen LogP contribution is 2.28. The highest BCUT2D eigenvalue weighted by Gasteiger charge is 2.32. The van der Waals surface area contributed by atoms with E-state index in [1.54, 1.807) is 0 Å². The van der Waals surface area contributed by atoms with Gasteiger partial charge < -0.3 is 4.90 Å². The van der Waals surface area contributed by atoms with Crippen molar-refractivity contribution < 1.29 is 18.0 Å². The number of hydrogen-bond acceptors (Lipinski definition) is 2. The van der Waals surface area contributed by atoms with Crippen LogP contribution in [-0.4, -0.2) is 12.5 Å². The molecule has 2 rings (SSSR count). The molecule has 1 unspecified atom stereocenters. The Kier molecular flexibility index (Phi) is 2.76. The molecule has 6 heteroatoms. The quantitative estimate of drug-likeness (QED) is 0.704. The van der Waals surface area contributed by atoms with Crippen molar-refractivity contribution >= 4 is 11.6 Å². The third-order valence-electron chi connectivity index (χ3n) is 2.59. The lowest BCUT2D eigenvalue weighted by atomic mass is 10.1. The van der Waals surface area contributed by atoms with Crippen molar-refractivity contribution in [3.63, 3.8) is 0 Å². The van der Waals surface area contributed by atoms with E-state index in [0.29, 0.717) is 12.1 Å². The number of rotatable bonds is 1. The van der Waals surface area contributed by atoms with Crippen LogP contribution in [0.15, 0.2) is 12.1 Å². The summed E-state index contributed by atoms with van der Waals surface area (Å²) in [5, 5.41) is 8.66. The summed E-state index contributed by atoms with van der Waals surface area (Å²) in [5.41, 5.74) is -0.327. The molecule has 0 N–H and O–H groups in total. The molecule has 0 spiro atoms. The lowest BCUT2D eigenvalue weighted by Crippen LogP contribution is -2.25. The van der Waals surface area contributed by atoms with Gasteiger partial charge in [0.2, 0.25) is 5.91 Å². The minimum Gasteiger partial charge on any atom is -0.308 e. The lowest BCUT2D eigenvalue weighted by molar-refractivity contribution is -0.117. The molecule has 0 bridgehead atoms. The third kappa shape index (κ3) is 1.96. The van der Waals surface area contributed by atoms with Gasteiger partial charge in [-0.1, -0.05) is 0 Å². The second-order valence-electron chi connectivity index (χ2n) is 3.75. The van der Waals surface area contributed by atoms with E-state index in [1.807, 2.05) is 6.07 Å². The molecule has 1 aliphatic heterocycles. The average molecular weight is 240 g/mol. The van der Waals surface area contributed by atoms with Gasteiger partial charge in [-0.2, -0.15) is 5.26 Å². The molecular weight excluding hydrogens is 233 g/mol. The number of nitriles is 1. The Hall–Kier alpha value is -2.03. The second-order valence-corrected chi connectivity index (χ2v) is 3.75. The SMILES string of the molecule is N#CC1CC(=O)N(c2cc(F)c(F)cc2F)C1. The van der Waals surface area contributed by atoms with Crippen molar-refractivity contribution in [3.8, 4) is 6.07 Å². The summed E-state index contributed by atoms with van der Waals surface area (Å²) in [4.78, 5) is 12.4. The highest BCUT2D eigenvalue weighted by molar-refractivity contribution is 5.96. The molecule has 0 saturated carbocycles. The maximum Gasteiger partial charge on any atom is 0.228 e. The molecule has 0 aliphatic carbocycles. The Morgan fingerprint density at radius 1 is 1.24 bits per heavy atom. The van der Waals surface area contributed by atoms with E-state index in [1.165, 1.54) is 0 Å². The summed E-state index contributed by atoms with van der Waals surface area (Å²) in [6, 6.07) is 2.90. The van der Waals surface area contributed by atoms with Gasteiger partial charge in [0.05, 0.1) is 17.7 Å². The van der Waals surface area contributed by atoms with E-state index >= 15 is 0 Å². The highest BCUT2D eigenvalue weighted by atomic mass is 19.2. The van der Waals surface area contributed by atoms with Crippen molar-refractivity contribution in [2.45, 2.75) is 6.42 Å². The normalized spacial score (nSPS) is 19.5. The smallest absolute Gasteiger partial charge is 0.228 e. The number of carbonyl (C=O) groups excluding carboxylic acids is 1. The standard InChI is InChI=1S/C11H7F3N2O/c12-7-2-9(14)10(3-8(7)13)16-5-6(4-15)1-11(16)17/h2-3,6H,1,5H2. The Morgan fingerprint density at radius 3 is 2.47 bits per heavy atom. The van der Waals surface area contributed by atoms with Crippen LogP contribution in [0.25, 0.3) is 0 Å². The van der Waals surface area contributed by atoms with Crippen LogP contribution >= 0.6 is 0 Å². The molecule has 1 atom stereocenters. The molecule has 1 amide bonds. The van der Waals surface area contributed by atoms with Gasteiger partial charge in [-0.05, 0) is 0 Å². The molecule has 88 valence electrons. The topological polar surface area (TPSA) is 44.1 Å². The Morgan fingerprint density at radius 2 is 1.88 bits per heavy atom. The van der Waals surface area contributed by atoms with Crippen molar-refractivity contribution in [1.29, 1.82) is 5.26 Å². The number of amides is 1. The molecular formula is C11H7F3N2O. The van der Waals surface area contributed by atoms with Gasteiger partial charge in [0, 0.05) is 25.1 Å². The fraction of sp³-hybridized carbons (Fsp3) is 0.273. The summed E-state index contributed by atoms with van der Waals surface area (Å²) in [5.74, 6) is -4.57. The predicted molar refractivity (Wildman–Crippen MR) is 52.4 cm³/mol. The second kappa shape index (κ2) is 4.09. The minimum absolute atomic E-state index is 0.00265. The van der Waals surface area contributed by atoms with Gasteiger partial charge in [-0.15, -0.1) is 0 Å². The maximum atomic E-state index is 13.4. The first-order valence-electron chi connectivity index (χ1n) is 4.87. The van der Waals surface area contributed by atoms with E-state index in [9.17, 15) is 18.0 Å². The first kappa shape index (κ1) is 11.5. The monoisotopic (exact) mass is 240 g/mol. The zero-order valence-corrected chi connectivity index (χ0v) is 8.58. The van der Waals surface area contributed by atoms with E-state index in [-0.39, 0.29) is 18.7 Å². The fourth-order valence-corrected chi connectivity index (χ4v) is 1.75. The van der Waals surface area contributed by atoms with Crippen LogP contribution in [0.4, 0.5) is 18.9 Å². The molecule has 0 radical (unpaired) electrons. The summed E-state index contributed by atoms with van der Waals surface area (Å²) in [7, 11) is 0. The van der Waals surface area contributed by atoms with Crippen molar-refractivity contribution in [3.05, 3.63) is 29.6 Å². The predicted octanol–water partition coefficient (Wildman–Crippen LogP) is 1.98. The summed E-state index contributed by atoms with van der Waals surface area (Å²) < 4.78 is 39.1. The minimum atomic E-state index is -1.31. The molecule has 0 aromatic heterocycles. The van der Waals surface area contributed by atoms with Gasteiger partial charge in [0.25, 0.3) is 0 Å². The lowest BCUT2D eigenvalue weighted by Gasteiger charge is -2.16. The van der Waals surface area contributed by atoms with Crippen LogP contribution in [0.3, 0.4) is 0 Å². The summed E-state index contributed by atoms with van der Waals surface area (Å²) >= 11 is 0. The van der Waals surface area contributed by atoms with E-state index in [0.717, 1.165) is 4.90 Å². The first-order valence-corrected chi connectivity index (χ1v) is 4.87. The van der Waals surface area contributed by atoms with Crippen LogP contribution in [-0.2, 0) is 4.79 Å². The Balaban J connectivity index is 2.39. The zero-order chi connectivity index (χ0) is 12.6. The average Bonchev–Trinajstić information content (AvgIpc) is 2.65. The number of halogens is 3. The van der Waals surface area contributed by atoms with E-state index in [4.69, 9.17) is 5.26 Å².